The molecule has 1 fully saturated rings. The summed E-state index contributed by atoms with van der Waals surface area (Å²) in [7, 11) is 0. The summed E-state index contributed by atoms with van der Waals surface area (Å²) >= 11 is 0. The van der Waals surface area contributed by atoms with Crippen LogP contribution in [0.3, 0.4) is 0 Å². The molecule has 0 unspecified atom stereocenters. The van der Waals surface area contributed by atoms with Gasteiger partial charge in [0.15, 0.2) is 0 Å². The summed E-state index contributed by atoms with van der Waals surface area (Å²) in [5.74, 6) is -1.14. The molecule has 0 bridgehead atoms. The maximum Gasteiger partial charge on any atom is 0.323 e. The first-order chi connectivity index (χ1) is 10.1. The van der Waals surface area contributed by atoms with Crippen molar-refractivity contribution in [3.8, 4) is 0 Å². The van der Waals surface area contributed by atoms with Gasteiger partial charge in [0.25, 0.3) is 5.91 Å². The maximum atomic E-state index is 12.8. The van der Waals surface area contributed by atoms with Crippen molar-refractivity contribution in [1.82, 2.24) is 9.47 Å². The number of carboxylic acids is 1. The molecule has 0 atom stereocenters. The van der Waals surface area contributed by atoms with Gasteiger partial charge in [-0.05, 0) is 25.8 Å². The van der Waals surface area contributed by atoms with Crippen molar-refractivity contribution in [2.45, 2.75) is 32.4 Å². The minimum absolute atomic E-state index is 0.0809. The van der Waals surface area contributed by atoms with Crippen molar-refractivity contribution in [3.63, 3.8) is 0 Å². The van der Waals surface area contributed by atoms with E-state index in [0.29, 0.717) is 5.56 Å². The Morgan fingerprint density at radius 3 is 2.67 bits per heavy atom. The molecular weight excluding hydrogens is 268 g/mol. The van der Waals surface area contributed by atoms with Gasteiger partial charge in [-0.15, -0.1) is 0 Å². The number of hydrogen-bond donors (Lipinski definition) is 1. The Morgan fingerprint density at radius 2 is 2.05 bits per heavy atom. The van der Waals surface area contributed by atoms with Gasteiger partial charge in [0, 0.05) is 29.7 Å². The van der Waals surface area contributed by atoms with Crippen LogP contribution in [-0.2, 0) is 11.3 Å². The fraction of sp³-hybridized carbons (Fsp3) is 0.375. The van der Waals surface area contributed by atoms with Crippen LogP contribution in [0.5, 0.6) is 0 Å². The zero-order valence-electron chi connectivity index (χ0n) is 12.0. The first kappa shape index (κ1) is 13.7. The highest BCUT2D eigenvalue weighted by Crippen LogP contribution is 2.30. The molecule has 1 aromatic carbocycles. The molecule has 1 aliphatic carbocycles. The number of carbonyl (C=O) groups is 2. The van der Waals surface area contributed by atoms with Gasteiger partial charge in [-0.25, -0.2) is 0 Å². The lowest BCUT2D eigenvalue weighted by Crippen LogP contribution is -2.37. The van der Waals surface area contributed by atoms with Crippen molar-refractivity contribution >= 4 is 22.8 Å². The van der Waals surface area contributed by atoms with E-state index >= 15 is 0 Å². The van der Waals surface area contributed by atoms with Gasteiger partial charge in [-0.1, -0.05) is 18.2 Å². The summed E-state index contributed by atoms with van der Waals surface area (Å²) in [6.07, 6.45) is 3.63. The second-order valence-electron chi connectivity index (χ2n) is 5.40. The number of fused-ring (bicyclic) bond motifs is 1. The monoisotopic (exact) mass is 286 g/mol. The summed E-state index contributed by atoms with van der Waals surface area (Å²) in [6, 6.07) is 7.82. The van der Waals surface area contributed by atoms with Crippen molar-refractivity contribution in [2.75, 3.05) is 6.54 Å². The number of aryl methyl sites for hydroxylation is 1. The van der Waals surface area contributed by atoms with Gasteiger partial charge in [0.1, 0.15) is 6.54 Å². The van der Waals surface area contributed by atoms with Crippen LogP contribution < -0.4 is 0 Å². The number of nitrogens with zero attached hydrogens (tertiary/aromatic N) is 2. The van der Waals surface area contributed by atoms with Crippen LogP contribution in [-0.4, -0.2) is 39.0 Å². The van der Waals surface area contributed by atoms with Gasteiger partial charge >= 0.3 is 5.97 Å². The molecular formula is C16H18N2O3. The second kappa shape index (κ2) is 5.24. The number of benzene rings is 1. The van der Waals surface area contributed by atoms with Crippen LogP contribution in [0.4, 0.5) is 0 Å². The molecule has 1 saturated carbocycles. The van der Waals surface area contributed by atoms with E-state index < -0.39 is 5.97 Å². The molecule has 0 radical (unpaired) electrons. The predicted octanol–water partition coefficient (Wildman–Crippen LogP) is 2.35. The van der Waals surface area contributed by atoms with Crippen molar-refractivity contribution in [2.24, 2.45) is 0 Å². The molecule has 1 N–H and O–H groups in total. The van der Waals surface area contributed by atoms with E-state index in [0.717, 1.165) is 30.3 Å². The zero-order valence-corrected chi connectivity index (χ0v) is 12.0. The molecule has 1 amide bonds. The molecule has 1 aromatic heterocycles. The number of aliphatic carboxylic acids is 1. The highest BCUT2D eigenvalue weighted by Gasteiger charge is 2.35. The number of para-hydroxylation sites is 1. The minimum Gasteiger partial charge on any atom is -0.480 e. The number of aromatic nitrogens is 1. The summed E-state index contributed by atoms with van der Waals surface area (Å²) in [5.41, 5.74) is 1.61. The summed E-state index contributed by atoms with van der Waals surface area (Å²) in [5, 5.41) is 9.91. The number of carboxylic acid groups (broad SMARTS) is 1. The molecule has 1 heterocycles. The smallest absolute Gasteiger partial charge is 0.323 e. The normalized spacial score (nSPS) is 14.3. The van der Waals surface area contributed by atoms with E-state index in [2.05, 4.69) is 0 Å². The average Bonchev–Trinajstić information content (AvgIpc) is 3.24. The van der Waals surface area contributed by atoms with Crippen LogP contribution >= 0.6 is 0 Å². The summed E-state index contributed by atoms with van der Waals surface area (Å²) in [6.45, 7) is 2.57. The van der Waals surface area contributed by atoms with Crippen LogP contribution in [0.15, 0.2) is 30.5 Å². The molecule has 110 valence electrons. The van der Waals surface area contributed by atoms with E-state index in [4.69, 9.17) is 5.11 Å². The van der Waals surface area contributed by atoms with Gasteiger partial charge < -0.3 is 14.6 Å². The zero-order chi connectivity index (χ0) is 15.0. The molecule has 0 saturated heterocycles. The Bertz CT molecular complexity index is 701. The molecule has 5 nitrogen and oxygen atoms in total. The third-order valence-electron chi connectivity index (χ3n) is 3.91. The Labute approximate surface area is 122 Å². The Hall–Kier alpha value is -2.30. The van der Waals surface area contributed by atoms with Gasteiger partial charge in [0.2, 0.25) is 0 Å². The van der Waals surface area contributed by atoms with Crippen LogP contribution in [0.2, 0.25) is 0 Å². The lowest BCUT2D eigenvalue weighted by atomic mass is 10.1. The predicted molar refractivity (Wildman–Crippen MR) is 79.3 cm³/mol. The number of rotatable bonds is 5. The standard InChI is InChI=1S/C16H18N2O3/c1-2-17-9-13(12-5-3-4-6-14(12)17)16(21)18(10-15(19)20)11-7-8-11/h3-6,9,11H,2,7-8,10H2,1H3,(H,19,20). The molecule has 3 rings (SSSR count). The van der Waals surface area contributed by atoms with Gasteiger partial charge in [-0.3, -0.25) is 9.59 Å². The largest absolute Gasteiger partial charge is 0.480 e. The second-order valence-corrected chi connectivity index (χ2v) is 5.40. The first-order valence-electron chi connectivity index (χ1n) is 7.22. The van der Waals surface area contributed by atoms with Crippen molar-refractivity contribution in [3.05, 3.63) is 36.0 Å². The minimum atomic E-state index is -0.963. The third-order valence-corrected chi connectivity index (χ3v) is 3.91. The number of carbonyl (C=O) groups excluding carboxylic acids is 1. The average molecular weight is 286 g/mol. The maximum absolute atomic E-state index is 12.8. The van der Waals surface area contributed by atoms with E-state index in [9.17, 15) is 9.59 Å². The van der Waals surface area contributed by atoms with E-state index in [-0.39, 0.29) is 18.5 Å². The Morgan fingerprint density at radius 1 is 1.33 bits per heavy atom. The van der Waals surface area contributed by atoms with Gasteiger partial charge in [-0.2, -0.15) is 0 Å². The van der Waals surface area contributed by atoms with Crippen molar-refractivity contribution in [1.29, 1.82) is 0 Å². The Balaban J connectivity index is 2.02. The highest BCUT2D eigenvalue weighted by molar-refractivity contribution is 6.07. The highest BCUT2D eigenvalue weighted by atomic mass is 16.4. The molecule has 0 aliphatic heterocycles. The molecule has 21 heavy (non-hydrogen) atoms. The van der Waals surface area contributed by atoms with Crippen molar-refractivity contribution < 1.29 is 14.7 Å². The fourth-order valence-electron chi connectivity index (χ4n) is 2.73. The van der Waals surface area contributed by atoms with E-state index in [1.165, 1.54) is 4.90 Å². The lowest BCUT2D eigenvalue weighted by molar-refractivity contribution is -0.137. The Kier molecular flexibility index (Phi) is 3.41. The third kappa shape index (κ3) is 2.51. The molecule has 5 heteroatoms. The fourth-order valence-corrected chi connectivity index (χ4v) is 2.73. The molecule has 1 aliphatic rings. The topological polar surface area (TPSA) is 62.5 Å². The summed E-state index contributed by atoms with van der Waals surface area (Å²) in [4.78, 5) is 25.2. The van der Waals surface area contributed by atoms with Crippen LogP contribution in [0.25, 0.3) is 10.9 Å². The number of hydrogen-bond acceptors (Lipinski definition) is 2. The number of amides is 1. The lowest BCUT2D eigenvalue weighted by Gasteiger charge is -2.19. The molecule has 0 spiro atoms. The molecule has 2 aromatic rings. The van der Waals surface area contributed by atoms with E-state index in [1.54, 1.807) is 0 Å². The summed E-state index contributed by atoms with van der Waals surface area (Å²) < 4.78 is 2.02. The van der Waals surface area contributed by atoms with E-state index in [1.807, 2.05) is 42.0 Å². The first-order valence-corrected chi connectivity index (χ1v) is 7.22. The van der Waals surface area contributed by atoms with Gasteiger partial charge in [0.05, 0.1) is 5.56 Å². The quantitative estimate of drug-likeness (QED) is 0.917. The van der Waals surface area contributed by atoms with Crippen LogP contribution in [0, 0.1) is 0 Å². The van der Waals surface area contributed by atoms with Crippen LogP contribution in [0.1, 0.15) is 30.1 Å². The SMILES string of the molecule is CCn1cc(C(=O)N(CC(=O)O)C2CC2)c2ccccc21.